The smallest absolute Gasteiger partial charge is 0.231 e. The van der Waals surface area contributed by atoms with Crippen LogP contribution in [0.4, 0.5) is 0 Å². The number of hydrogen-bond donors (Lipinski definition) is 0. The van der Waals surface area contributed by atoms with Crippen LogP contribution in [0, 0.1) is 0 Å². The van der Waals surface area contributed by atoms with Crippen molar-refractivity contribution in [3.05, 3.63) is 24.9 Å². The maximum Gasteiger partial charge on any atom is 0.246 e. The van der Waals surface area contributed by atoms with Crippen LogP contribution < -0.4 is 0 Å². The molecule has 0 rings (SSSR count). The topological polar surface area (TPSA) is 58.9 Å². The second-order valence-electron chi connectivity index (χ2n) is 2.48. The van der Waals surface area contributed by atoms with Crippen LogP contribution in [0.1, 0.15) is 13.3 Å². The first-order valence-corrected chi connectivity index (χ1v) is 5.94. The number of allylic oxidation sites excluding steroid dienone is 2. The molecule has 0 aromatic carbocycles. The molecule has 4 nitrogen and oxygen atoms in total. The summed E-state index contributed by atoms with van der Waals surface area (Å²) >= 11 is 0. The summed E-state index contributed by atoms with van der Waals surface area (Å²) in [6.07, 6.45) is 8.01. The van der Waals surface area contributed by atoms with E-state index in [9.17, 15) is 8.42 Å². The van der Waals surface area contributed by atoms with Crippen molar-refractivity contribution in [2.75, 3.05) is 6.26 Å². The lowest BCUT2D eigenvalue weighted by atomic mass is 10.4. The number of rotatable bonds is 3. The van der Waals surface area contributed by atoms with Gasteiger partial charge in [-0.1, -0.05) is 18.7 Å². The number of aliphatic imine (C=N–C) groups is 2. The first kappa shape index (κ1) is 12.8. The monoisotopic (exact) mass is 214 g/mol. The zero-order valence-corrected chi connectivity index (χ0v) is 9.16. The Labute approximate surface area is 84.7 Å². The minimum absolute atomic E-state index is 0.211. The second-order valence-corrected chi connectivity index (χ2v) is 4.39. The molecule has 0 saturated heterocycles. The van der Waals surface area contributed by atoms with Crippen molar-refractivity contribution in [2.45, 2.75) is 13.3 Å². The highest BCUT2D eigenvalue weighted by atomic mass is 32.2. The van der Waals surface area contributed by atoms with E-state index in [-0.39, 0.29) is 5.17 Å². The molecule has 0 amide bonds. The van der Waals surface area contributed by atoms with E-state index in [0.717, 1.165) is 12.5 Å². The number of sulfone groups is 1. The maximum atomic E-state index is 11.1. The molecule has 0 spiro atoms. The zero-order valence-electron chi connectivity index (χ0n) is 8.34. The molecule has 0 aliphatic carbocycles. The Morgan fingerprint density at radius 3 is 2.57 bits per heavy atom. The summed E-state index contributed by atoms with van der Waals surface area (Å²) in [7, 11) is -3.36. The van der Waals surface area contributed by atoms with Crippen LogP contribution in [0.5, 0.6) is 0 Å². The molecule has 78 valence electrons. The molecule has 0 aliphatic rings. The summed E-state index contributed by atoms with van der Waals surface area (Å²) in [6.45, 7) is 5.20. The molecule has 0 radical (unpaired) electrons. The molecule has 0 atom stereocenters. The van der Waals surface area contributed by atoms with Gasteiger partial charge in [0, 0.05) is 25.1 Å². The third kappa shape index (κ3) is 5.42. The molecule has 0 aromatic rings. The van der Waals surface area contributed by atoms with Crippen molar-refractivity contribution in [3.63, 3.8) is 0 Å². The van der Waals surface area contributed by atoms with Crippen molar-refractivity contribution < 1.29 is 8.42 Å². The molecule has 0 unspecified atom stereocenters. The Kier molecular flexibility index (Phi) is 5.71. The predicted octanol–water partition coefficient (Wildman–Crippen LogP) is 1.57. The molecule has 0 saturated carbocycles. The first-order valence-electron chi connectivity index (χ1n) is 4.04. The maximum absolute atomic E-state index is 11.1. The van der Waals surface area contributed by atoms with Crippen LogP contribution in [0.3, 0.4) is 0 Å². The normalized spacial score (nSPS) is 14.0. The molecule has 14 heavy (non-hydrogen) atoms. The van der Waals surface area contributed by atoms with Gasteiger partial charge in [0.1, 0.15) is 0 Å². The molecule has 0 aromatic heterocycles. The average Bonchev–Trinajstić information content (AvgIpc) is 2.08. The highest BCUT2D eigenvalue weighted by molar-refractivity contribution is 8.05. The fourth-order valence-electron chi connectivity index (χ4n) is 0.631. The Bertz CT molecular complexity index is 364. The fraction of sp³-hybridized carbons (Fsp3) is 0.333. The van der Waals surface area contributed by atoms with Crippen molar-refractivity contribution in [3.8, 4) is 0 Å². The highest BCUT2D eigenvalue weighted by Crippen LogP contribution is 1.93. The summed E-state index contributed by atoms with van der Waals surface area (Å²) in [4.78, 5) is 7.30. The summed E-state index contributed by atoms with van der Waals surface area (Å²) in [5, 5.41) is -0.211. The molecule has 0 aliphatic heterocycles. The molecule has 0 heterocycles. The van der Waals surface area contributed by atoms with E-state index in [1.807, 2.05) is 19.1 Å². The number of amidine groups is 1. The second kappa shape index (κ2) is 6.26. The Morgan fingerprint density at radius 2 is 2.14 bits per heavy atom. The van der Waals surface area contributed by atoms with Crippen LogP contribution >= 0.6 is 0 Å². The minimum Gasteiger partial charge on any atom is -0.231 e. The molecule has 0 bridgehead atoms. The lowest BCUT2D eigenvalue weighted by Crippen LogP contribution is -2.09. The fourth-order valence-corrected chi connectivity index (χ4v) is 1.16. The van der Waals surface area contributed by atoms with E-state index in [2.05, 4.69) is 16.6 Å². The van der Waals surface area contributed by atoms with Crippen molar-refractivity contribution >= 4 is 21.2 Å². The van der Waals surface area contributed by atoms with Crippen LogP contribution in [0.25, 0.3) is 0 Å². The van der Waals surface area contributed by atoms with Crippen LogP contribution in [-0.4, -0.2) is 26.1 Å². The standard InChI is InChI=1S/C9H14N2O2S/c1-4-6-7-8-11-9(10-5-2)14(3,12)13/h4-6,8H,2,7H2,1,3H3/b6-4+,10-9?,11-8?. The molecule has 5 heteroatoms. The Morgan fingerprint density at radius 1 is 1.50 bits per heavy atom. The summed E-state index contributed by atoms with van der Waals surface area (Å²) in [6, 6.07) is 0. The largest absolute Gasteiger partial charge is 0.246 e. The lowest BCUT2D eigenvalue weighted by Gasteiger charge is -1.93. The SMILES string of the molecule is C=CN=C(N=CC/C=C/C)S(C)(=O)=O. The van der Waals surface area contributed by atoms with Gasteiger partial charge in [-0.2, -0.15) is 0 Å². The summed E-state index contributed by atoms with van der Waals surface area (Å²) < 4.78 is 22.1. The van der Waals surface area contributed by atoms with E-state index in [1.54, 1.807) is 0 Å². The van der Waals surface area contributed by atoms with Gasteiger partial charge in [-0.05, 0) is 6.92 Å². The first-order chi connectivity index (χ1) is 6.52. The van der Waals surface area contributed by atoms with E-state index < -0.39 is 9.84 Å². The lowest BCUT2D eigenvalue weighted by molar-refractivity contribution is 0.612. The zero-order chi connectivity index (χ0) is 11.0. The van der Waals surface area contributed by atoms with Gasteiger partial charge in [-0.15, -0.1) is 0 Å². The van der Waals surface area contributed by atoms with Gasteiger partial charge >= 0.3 is 0 Å². The molecular formula is C9H14N2O2S. The van der Waals surface area contributed by atoms with E-state index in [0.29, 0.717) is 6.42 Å². The van der Waals surface area contributed by atoms with Gasteiger partial charge in [-0.25, -0.2) is 18.4 Å². The third-order valence-electron chi connectivity index (χ3n) is 1.21. The van der Waals surface area contributed by atoms with Crippen molar-refractivity contribution in [2.24, 2.45) is 9.98 Å². The van der Waals surface area contributed by atoms with Gasteiger partial charge in [0.2, 0.25) is 15.0 Å². The Balaban J connectivity index is 4.65. The van der Waals surface area contributed by atoms with Crippen molar-refractivity contribution in [1.29, 1.82) is 0 Å². The molecule has 0 fully saturated rings. The molecular weight excluding hydrogens is 200 g/mol. The predicted molar refractivity (Wildman–Crippen MR) is 60.4 cm³/mol. The average molecular weight is 214 g/mol. The quantitative estimate of drug-likeness (QED) is 0.407. The van der Waals surface area contributed by atoms with Gasteiger partial charge in [-0.3, -0.25) is 0 Å². The van der Waals surface area contributed by atoms with E-state index in [4.69, 9.17) is 0 Å². The van der Waals surface area contributed by atoms with Gasteiger partial charge < -0.3 is 0 Å². The van der Waals surface area contributed by atoms with Crippen molar-refractivity contribution in [1.82, 2.24) is 0 Å². The van der Waals surface area contributed by atoms with E-state index in [1.165, 1.54) is 6.21 Å². The van der Waals surface area contributed by atoms with Gasteiger partial charge in [0.15, 0.2) is 0 Å². The van der Waals surface area contributed by atoms with E-state index >= 15 is 0 Å². The minimum atomic E-state index is -3.36. The van der Waals surface area contributed by atoms with Crippen LogP contribution in [0.2, 0.25) is 0 Å². The number of nitrogens with zero attached hydrogens (tertiary/aromatic N) is 2. The summed E-state index contributed by atoms with van der Waals surface area (Å²) in [5.74, 6) is 0. The van der Waals surface area contributed by atoms with Crippen LogP contribution in [-0.2, 0) is 9.84 Å². The van der Waals surface area contributed by atoms with Crippen LogP contribution in [0.15, 0.2) is 34.9 Å². The highest BCUT2D eigenvalue weighted by Gasteiger charge is 2.09. The summed E-state index contributed by atoms with van der Waals surface area (Å²) in [5.41, 5.74) is 0. The molecule has 0 N–H and O–H groups in total. The third-order valence-corrected chi connectivity index (χ3v) is 2.09. The number of hydrogen-bond acceptors (Lipinski definition) is 3. The van der Waals surface area contributed by atoms with Gasteiger partial charge in [0.05, 0.1) is 0 Å². The van der Waals surface area contributed by atoms with Gasteiger partial charge in [0.25, 0.3) is 0 Å². The Hall–Kier alpha value is -1.23.